The van der Waals surface area contributed by atoms with E-state index in [1.807, 2.05) is 78.2 Å². The van der Waals surface area contributed by atoms with Crippen LogP contribution in [0.3, 0.4) is 0 Å². The largest absolute Gasteiger partial charge is 0.507 e. The number of aliphatic hydroxyl groups excluding tert-OH is 2. The number of likely N-dealkylation sites (tertiary alicyclic amines) is 1. The highest BCUT2D eigenvalue weighted by molar-refractivity contribution is 7.09. The normalized spacial score (nSPS) is 21.1. The number of nitrogens with zero attached hydrogens (tertiary/aromatic N) is 1. The Kier molecular flexibility index (Phi) is 9.28. The number of phenols is 1. The van der Waals surface area contributed by atoms with E-state index in [2.05, 4.69) is 6.08 Å². The highest BCUT2D eigenvalue weighted by atomic mass is 32.1. The van der Waals surface area contributed by atoms with Crippen molar-refractivity contribution >= 4 is 45.6 Å². The minimum atomic E-state index is -0.953. The molecule has 2 heterocycles. The van der Waals surface area contributed by atoms with E-state index in [1.165, 1.54) is 16.2 Å². The number of carbonyl (C=O) groups is 2. The lowest BCUT2D eigenvalue weighted by atomic mass is 9.68. The zero-order valence-electron chi connectivity index (χ0n) is 25.1. The topological polar surface area (TPSA) is 107 Å². The van der Waals surface area contributed by atoms with E-state index in [4.69, 9.17) is 4.74 Å². The van der Waals surface area contributed by atoms with Crippen LogP contribution >= 0.6 is 11.3 Å². The summed E-state index contributed by atoms with van der Waals surface area (Å²) < 4.78 is 5.51. The lowest BCUT2D eigenvalue weighted by Gasteiger charge is -2.36. The van der Waals surface area contributed by atoms with Gasteiger partial charge in [0.15, 0.2) is 0 Å². The molecular weight excluding hydrogens is 586 g/mol. The predicted molar refractivity (Wildman–Crippen MR) is 176 cm³/mol. The Morgan fingerprint density at radius 1 is 1.00 bits per heavy atom. The Labute approximate surface area is 266 Å². The average Bonchev–Trinajstić information content (AvgIpc) is 3.66. The van der Waals surface area contributed by atoms with Crippen molar-refractivity contribution < 1.29 is 29.6 Å². The van der Waals surface area contributed by atoms with Gasteiger partial charge in [0, 0.05) is 23.3 Å². The van der Waals surface area contributed by atoms with Crippen molar-refractivity contribution in [3.05, 3.63) is 111 Å². The Morgan fingerprint density at radius 2 is 1.76 bits per heavy atom. The number of benzene rings is 3. The SMILES string of the molecule is COCC1=C([C@H](O)CC/C(=C/c2ccc(O)c3ccccc23)c2ccccc2)[C@H](CO)[C@@H]2C(=O)N(Cc3cccs3)C(=O)[C@@H]2C1. The van der Waals surface area contributed by atoms with Crippen LogP contribution in [0.5, 0.6) is 5.75 Å². The minimum Gasteiger partial charge on any atom is -0.507 e. The number of methoxy groups -OCH3 is 1. The number of hydrogen-bond donors (Lipinski definition) is 3. The van der Waals surface area contributed by atoms with Gasteiger partial charge in [0.1, 0.15) is 5.75 Å². The number of rotatable bonds is 11. The van der Waals surface area contributed by atoms with Gasteiger partial charge in [0.25, 0.3) is 0 Å². The van der Waals surface area contributed by atoms with E-state index in [9.17, 15) is 24.9 Å². The molecule has 4 atom stereocenters. The van der Waals surface area contributed by atoms with Crippen molar-refractivity contribution in [3.8, 4) is 5.75 Å². The molecule has 8 heteroatoms. The van der Waals surface area contributed by atoms with E-state index in [-0.39, 0.29) is 37.3 Å². The first-order valence-electron chi connectivity index (χ1n) is 15.2. The monoisotopic (exact) mass is 623 g/mol. The molecule has 0 bridgehead atoms. The maximum Gasteiger partial charge on any atom is 0.234 e. The molecule has 1 aromatic heterocycles. The molecule has 0 unspecified atom stereocenters. The molecule has 4 aromatic rings. The molecule has 2 amide bonds. The second kappa shape index (κ2) is 13.5. The van der Waals surface area contributed by atoms with Gasteiger partial charge in [-0.2, -0.15) is 0 Å². The van der Waals surface area contributed by atoms with Gasteiger partial charge in [-0.3, -0.25) is 14.5 Å². The summed E-state index contributed by atoms with van der Waals surface area (Å²) in [6.07, 6.45) is 2.30. The Morgan fingerprint density at radius 3 is 2.47 bits per heavy atom. The van der Waals surface area contributed by atoms with Gasteiger partial charge in [-0.05, 0) is 70.0 Å². The number of carbonyl (C=O) groups excluding carboxylic acids is 2. The molecule has 1 aliphatic heterocycles. The van der Waals surface area contributed by atoms with Crippen molar-refractivity contribution in [2.45, 2.75) is 31.9 Å². The first-order valence-corrected chi connectivity index (χ1v) is 16.1. The molecule has 7 nitrogen and oxygen atoms in total. The molecule has 45 heavy (non-hydrogen) atoms. The van der Waals surface area contributed by atoms with Gasteiger partial charge < -0.3 is 20.1 Å². The molecule has 1 aliphatic carbocycles. The molecule has 3 N–H and O–H groups in total. The molecule has 232 valence electrons. The number of allylic oxidation sites excluding steroid dienone is 1. The van der Waals surface area contributed by atoms with E-state index >= 15 is 0 Å². The quantitative estimate of drug-likeness (QED) is 0.107. The second-order valence-corrected chi connectivity index (χ2v) is 12.8. The summed E-state index contributed by atoms with van der Waals surface area (Å²) >= 11 is 1.49. The number of aliphatic hydroxyl groups is 2. The Hall–Kier alpha value is -4.08. The number of imide groups is 1. The van der Waals surface area contributed by atoms with E-state index in [0.717, 1.165) is 37.9 Å². The van der Waals surface area contributed by atoms with Crippen molar-refractivity contribution in [2.75, 3.05) is 20.3 Å². The van der Waals surface area contributed by atoms with Gasteiger partial charge in [-0.1, -0.05) is 72.8 Å². The van der Waals surface area contributed by atoms with E-state index in [0.29, 0.717) is 24.8 Å². The van der Waals surface area contributed by atoms with E-state index in [1.54, 1.807) is 13.2 Å². The predicted octanol–water partition coefficient (Wildman–Crippen LogP) is 6.05. The van der Waals surface area contributed by atoms with Crippen LogP contribution in [0.2, 0.25) is 0 Å². The Bertz CT molecular complexity index is 1750. The first kappa shape index (κ1) is 30.9. The van der Waals surface area contributed by atoms with Crippen LogP contribution < -0.4 is 0 Å². The molecule has 3 aromatic carbocycles. The Balaban J connectivity index is 1.31. The van der Waals surface area contributed by atoms with Crippen LogP contribution in [-0.2, 0) is 20.9 Å². The van der Waals surface area contributed by atoms with Crippen LogP contribution in [-0.4, -0.2) is 58.5 Å². The average molecular weight is 624 g/mol. The van der Waals surface area contributed by atoms with E-state index < -0.39 is 23.9 Å². The fraction of sp³-hybridized carbons (Fsp3) is 0.297. The van der Waals surface area contributed by atoms with Crippen molar-refractivity contribution in [2.24, 2.45) is 17.8 Å². The molecule has 0 spiro atoms. The van der Waals surface area contributed by atoms with Crippen LogP contribution in [0.25, 0.3) is 22.4 Å². The molecule has 1 saturated heterocycles. The summed E-state index contributed by atoms with van der Waals surface area (Å²) in [6, 6.07) is 25.1. The van der Waals surface area contributed by atoms with Crippen molar-refractivity contribution in [3.63, 3.8) is 0 Å². The lowest BCUT2D eigenvalue weighted by Crippen LogP contribution is -2.39. The molecule has 1 fully saturated rings. The van der Waals surface area contributed by atoms with Crippen LogP contribution in [0, 0.1) is 17.8 Å². The smallest absolute Gasteiger partial charge is 0.234 e. The van der Waals surface area contributed by atoms with Crippen LogP contribution in [0.4, 0.5) is 0 Å². The number of thiophene rings is 1. The fourth-order valence-corrected chi connectivity index (χ4v) is 7.76. The maximum absolute atomic E-state index is 13.7. The van der Waals surface area contributed by atoms with Gasteiger partial charge in [0.05, 0.1) is 37.7 Å². The maximum atomic E-state index is 13.7. The third-order valence-corrected chi connectivity index (χ3v) is 10.0. The van der Waals surface area contributed by atoms with Crippen molar-refractivity contribution in [1.29, 1.82) is 0 Å². The number of phenolic OH excluding ortho intramolecular Hbond substituents is 1. The van der Waals surface area contributed by atoms with Gasteiger partial charge in [0.2, 0.25) is 11.8 Å². The molecule has 6 rings (SSSR count). The molecule has 0 saturated carbocycles. The zero-order valence-corrected chi connectivity index (χ0v) is 26.0. The zero-order chi connectivity index (χ0) is 31.5. The van der Waals surface area contributed by atoms with Crippen LogP contribution in [0.1, 0.15) is 35.3 Å². The summed E-state index contributed by atoms with van der Waals surface area (Å²) in [4.78, 5) is 29.4. The van der Waals surface area contributed by atoms with Crippen molar-refractivity contribution in [1.82, 2.24) is 4.90 Å². The second-order valence-electron chi connectivity index (χ2n) is 11.8. The highest BCUT2D eigenvalue weighted by Crippen LogP contribution is 2.47. The third-order valence-electron chi connectivity index (χ3n) is 9.14. The first-order chi connectivity index (χ1) is 21.9. The standard InChI is InChI=1S/C37H37NO6S/c1-44-22-26-19-30-35(37(43)38(36(30)42)20-27-10-7-17-45-27)31(21-39)34(26)33(41)16-13-24(23-8-3-2-4-9-23)18-25-14-15-32(40)29-12-6-5-11-28(25)29/h2-12,14-15,17-18,30-31,33,35,39-41H,13,16,19-22H2,1H3/b24-18-/t30-,31+,33-,35-/m1/s1. The lowest BCUT2D eigenvalue weighted by molar-refractivity contribution is -0.140. The summed E-state index contributed by atoms with van der Waals surface area (Å²) in [6.45, 7) is 0.0715. The molecule has 0 radical (unpaired) electrons. The van der Waals surface area contributed by atoms with Gasteiger partial charge >= 0.3 is 0 Å². The summed E-state index contributed by atoms with van der Waals surface area (Å²) in [5.74, 6) is -2.29. The minimum absolute atomic E-state index is 0.208. The summed E-state index contributed by atoms with van der Waals surface area (Å²) in [7, 11) is 1.57. The number of fused-ring (bicyclic) bond motifs is 2. The van der Waals surface area contributed by atoms with Gasteiger partial charge in [-0.25, -0.2) is 0 Å². The summed E-state index contributed by atoms with van der Waals surface area (Å²) in [5, 5.41) is 36.5. The molecule has 2 aliphatic rings. The van der Waals surface area contributed by atoms with Gasteiger partial charge in [-0.15, -0.1) is 11.3 Å². The highest BCUT2D eigenvalue weighted by Gasteiger charge is 2.54. The number of amides is 2. The number of aromatic hydroxyl groups is 1. The summed E-state index contributed by atoms with van der Waals surface area (Å²) in [5.41, 5.74) is 4.35. The number of hydrogen-bond acceptors (Lipinski definition) is 7. The third kappa shape index (κ3) is 6.11. The molecular formula is C37H37NO6S. The fourth-order valence-electron chi connectivity index (χ4n) is 7.07. The number of ether oxygens (including phenoxy) is 1. The van der Waals surface area contributed by atoms with Crippen LogP contribution in [0.15, 0.2) is 95.4 Å².